The summed E-state index contributed by atoms with van der Waals surface area (Å²) >= 11 is 0. The number of benzene rings is 2. The van der Waals surface area contributed by atoms with E-state index in [2.05, 4.69) is 0 Å². The number of aryl methyl sites for hydroxylation is 2. The minimum absolute atomic E-state index is 0.405. The Bertz CT molecular complexity index is 630. The van der Waals surface area contributed by atoms with E-state index in [1.807, 2.05) is 32.0 Å². The van der Waals surface area contributed by atoms with Crippen molar-refractivity contribution in [2.75, 3.05) is 12.8 Å². The Kier molecular flexibility index (Phi) is 3.94. The van der Waals surface area contributed by atoms with Gasteiger partial charge in [0.2, 0.25) is 0 Å². The molecule has 0 radical (unpaired) electrons. The van der Waals surface area contributed by atoms with Gasteiger partial charge in [0, 0.05) is 0 Å². The average Bonchev–Trinajstić information content (AvgIpc) is 2.44. The van der Waals surface area contributed by atoms with Crippen molar-refractivity contribution >= 4 is 11.7 Å². The normalized spacial score (nSPS) is 10.2. The standard InChI is InChI=1S/C16H17NO3/c1-10-5-4-6-11(2)15(10)20-14-9-12(16(18)19-3)7-8-13(14)17/h4-9H,17H2,1-3H3. The number of anilines is 1. The van der Waals surface area contributed by atoms with Crippen LogP contribution in [0.3, 0.4) is 0 Å². The lowest BCUT2D eigenvalue weighted by Gasteiger charge is -2.14. The zero-order valence-corrected chi connectivity index (χ0v) is 11.8. The Morgan fingerprint density at radius 2 is 1.75 bits per heavy atom. The van der Waals surface area contributed by atoms with Gasteiger partial charge in [-0.3, -0.25) is 0 Å². The van der Waals surface area contributed by atoms with E-state index in [0.717, 1.165) is 16.9 Å². The first-order valence-electron chi connectivity index (χ1n) is 6.25. The highest BCUT2D eigenvalue weighted by Crippen LogP contribution is 2.32. The van der Waals surface area contributed by atoms with E-state index >= 15 is 0 Å². The van der Waals surface area contributed by atoms with Crippen LogP contribution in [0, 0.1) is 13.8 Å². The van der Waals surface area contributed by atoms with Crippen LogP contribution in [0.2, 0.25) is 0 Å². The molecule has 2 N–H and O–H groups in total. The van der Waals surface area contributed by atoms with E-state index in [9.17, 15) is 4.79 Å². The second-order valence-corrected chi connectivity index (χ2v) is 4.57. The summed E-state index contributed by atoms with van der Waals surface area (Å²) in [6.45, 7) is 3.92. The predicted molar refractivity (Wildman–Crippen MR) is 78.2 cm³/mol. The number of methoxy groups -OCH3 is 1. The zero-order valence-electron chi connectivity index (χ0n) is 11.8. The lowest BCUT2D eigenvalue weighted by atomic mass is 10.1. The van der Waals surface area contributed by atoms with Gasteiger partial charge in [-0.05, 0) is 43.2 Å². The van der Waals surface area contributed by atoms with Crippen molar-refractivity contribution in [2.45, 2.75) is 13.8 Å². The summed E-state index contributed by atoms with van der Waals surface area (Å²) < 4.78 is 10.6. The third kappa shape index (κ3) is 2.74. The third-order valence-electron chi connectivity index (χ3n) is 3.06. The van der Waals surface area contributed by atoms with Crippen molar-refractivity contribution in [3.63, 3.8) is 0 Å². The third-order valence-corrected chi connectivity index (χ3v) is 3.06. The highest BCUT2D eigenvalue weighted by atomic mass is 16.5. The van der Waals surface area contributed by atoms with Crippen molar-refractivity contribution < 1.29 is 14.3 Å². The van der Waals surface area contributed by atoms with Gasteiger partial charge in [-0.25, -0.2) is 4.79 Å². The fraction of sp³-hybridized carbons (Fsp3) is 0.188. The summed E-state index contributed by atoms with van der Waals surface area (Å²) in [5.74, 6) is 0.780. The van der Waals surface area contributed by atoms with Gasteiger partial charge in [-0.1, -0.05) is 18.2 Å². The van der Waals surface area contributed by atoms with Crippen LogP contribution in [0.25, 0.3) is 0 Å². The van der Waals surface area contributed by atoms with Gasteiger partial charge < -0.3 is 15.2 Å². The Morgan fingerprint density at radius 1 is 1.10 bits per heavy atom. The van der Waals surface area contributed by atoms with E-state index in [4.69, 9.17) is 15.2 Å². The first-order chi connectivity index (χ1) is 9.52. The number of carbonyl (C=O) groups is 1. The maximum absolute atomic E-state index is 11.5. The number of carbonyl (C=O) groups excluding carboxylic acids is 1. The minimum Gasteiger partial charge on any atom is -0.465 e. The topological polar surface area (TPSA) is 61.5 Å². The molecule has 0 aliphatic carbocycles. The second kappa shape index (κ2) is 5.65. The van der Waals surface area contributed by atoms with Crippen molar-refractivity contribution in [3.05, 3.63) is 53.1 Å². The first kappa shape index (κ1) is 13.9. The van der Waals surface area contributed by atoms with E-state index in [-0.39, 0.29) is 0 Å². The summed E-state index contributed by atoms with van der Waals surface area (Å²) in [5.41, 5.74) is 8.79. The number of hydrogen-bond acceptors (Lipinski definition) is 4. The van der Waals surface area contributed by atoms with Gasteiger partial charge in [0.1, 0.15) is 5.75 Å². The summed E-state index contributed by atoms with van der Waals surface area (Å²) in [4.78, 5) is 11.5. The van der Waals surface area contributed by atoms with E-state index < -0.39 is 5.97 Å². The molecule has 0 amide bonds. The molecule has 0 fully saturated rings. The molecule has 0 aliphatic rings. The van der Waals surface area contributed by atoms with Crippen LogP contribution in [0.1, 0.15) is 21.5 Å². The minimum atomic E-state index is -0.420. The Hall–Kier alpha value is -2.49. The molecule has 0 spiro atoms. The fourth-order valence-electron chi connectivity index (χ4n) is 1.94. The number of rotatable bonds is 3. The second-order valence-electron chi connectivity index (χ2n) is 4.57. The summed E-state index contributed by atoms with van der Waals surface area (Å²) in [5, 5.41) is 0. The SMILES string of the molecule is COC(=O)c1ccc(N)c(Oc2c(C)cccc2C)c1. The molecular weight excluding hydrogens is 254 g/mol. The molecule has 0 aromatic heterocycles. The monoisotopic (exact) mass is 271 g/mol. The summed E-state index contributed by atoms with van der Waals surface area (Å²) in [6.07, 6.45) is 0. The Morgan fingerprint density at radius 3 is 2.35 bits per heavy atom. The lowest BCUT2D eigenvalue weighted by Crippen LogP contribution is -2.03. The molecule has 0 saturated carbocycles. The molecule has 0 bridgehead atoms. The predicted octanol–water partition coefficient (Wildman–Crippen LogP) is 3.46. The van der Waals surface area contributed by atoms with Crippen LogP contribution in [0.5, 0.6) is 11.5 Å². The van der Waals surface area contributed by atoms with E-state index in [1.54, 1.807) is 18.2 Å². The lowest BCUT2D eigenvalue weighted by molar-refractivity contribution is 0.0600. The van der Waals surface area contributed by atoms with Gasteiger partial charge in [0.15, 0.2) is 5.75 Å². The molecule has 0 aliphatic heterocycles. The largest absolute Gasteiger partial charge is 0.465 e. The molecule has 0 unspecified atom stereocenters. The van der Waals surface area contributed by atoms with Crippen molar-refractivity contribution in [1.29, 1.82) is 0 Å². The first-order valence-corrected chi connectivity index (χ1v) is 6.25. The summed E-state index contributed by atoms with van der Waals surface area (Å²) in [7, 11) is 1.34. The molecular formula is C16H17NO3. The molecule has 104 valence electrons. The van der Waals surface area contributed by atoms with Crippen LogP contribution in [0.4, 0.5) is 5.69 Å². The maximum atomic E-state index is 11.5. The number of nitrogen functional groups attached to an aromatic ring is 1. The van der Waals surface area contributed by atoms with Gasteiger partial charge in [0.25, 0.3) is 0 Å². The molecule has 0 saturated heterocycles. The van der Waals surface area contributed by atoms with Crippen molar-refractivity contribution in [1.82, 2.24) is 0 Å². The molecule has 4 heteroatoms. The van der Waals surface area contributed by atoms with Crippen LogP contribution in [0.15, 0.2) is 36.4 Å². The fourth-order valence-corrected chi connectivity index (χ4v) is 1.94. The smallest absolute Gasteiger partial charge is 0.337 e. The van der Waals surface area contributed by atoms with Gasteiger partial charge >= 0.3 is 5.97 Å². The quantitative estimate of drug-likeness (QED) is 0.686. The highest BCUT2D eigenvalue weighted by molar-refractivity contribution is 5.90. The molecule has 2 rings (SSSR count). The molecule has 4 nitrogen and oxygen atoms in total. The zero-order chi connectivity index (χ0) is 14.7. The Labute approximate surface area is 118 Å². The van der Waals surface area contributed by atoms with Crippen molar-refractivity contribution in [3.8, 4) is 11.5 Å². The number of esters is 1. The van der Waals surface area contributed by atoms with Crippen LogP contribution < -0.4 is 10.5 Å². The number of hydrogen-bond donors (Lipinski definition) is 1. The maximum Gasteiger partial charge on any atom is 0.337 e. The van der Waals surface area contributed by atoms with Crippen molar-refractivity contribution in [2.24, 2.45) is 0 Å². The Balaban J connectivity index is 2.40. The van der Waals surface area contributed by atoms with E-state index in [0.29, 0.717) is 17.0 Å². The van der Waals surface area contributed by atoms with Crippen LogP contribution in [-0.4, -0.2) is 13.1 Å². The molecule has 0 atom stereocenters. The summed E-state index contributed by atoms with van der Waals surface area (Å²) in [6, 6.07) is 10.7. The number of para-hydroxylation sites is 1. The molecule has 2 aromatic rings. The van der Waals surface area contributed by atoms with Gasteiger partial charge in [0.05, 0.1) is 18.4 Å². The van der Waals surface area contributed by atoms with Crippen LogP contribution >= 0.6 is 0 Å². The molecule has 20 heavy (non-hydrogen) atoms. The van der Waals surface area contributed by atoms with Crippen LogP contribution in [-0.2, 0) is 4.74 Å². The molecule has 2 aromatic carbocycles. The van der Waals surface area contributed by atoms with Gasteiger partial charge in [-0.2, -0.15) is 0 Å². The highest BCUT2D eigenvalue weighted by Gasteiger charge is 2.12. The number of nitrogens with two attached hydrogens (primary N) is 1. The average molecular weight is 271 g/mol. The van der Waals surface area contributed by atoms with Gasteiger partial charge in [-0.15, -0.1) is 0 Å². The van der Waals surface area contributed by atoms with E-state index in [1.165, 1.54) is 7.11 Å². The number of ether oxygens (including phenoxy) is 2. The molecule has 0 heterocycles.